The summed E-state index contributed by atoms with van der Waals surface area (Å²) in [5.74, 6) is 0.961. The van der Waals surface area contributed by atoms with Crippen LogP contribution in [0.4, 0.5) is 0 Å². The topological polar surface area (TPSA) is 65.7 Å². The Morgan fingerprint density at radius 2 is 1.84 bits per heavy atom. The fraction of sp³-hybridized carbons (Fsp3) is 0.375. The Labute approximate surface area is 219 Å². The van der Waals surface area contributed by atoms with E-state index in [1.165, 1.54) is 24.8 Å². The van der Waals surface area contributed by atoms with Crippen molar-refractivity contribution in [1.29, 1.82) is 0 Å². The summed E-state index contributed by atoms with van der Waals surface area (Å²) in [4.78, 5) is 24.6. The largest absolute Gasteiger partial charge is 0.462 e. The quantitative estimate of drug-likeness (QED) is 0.0773. The number of rotatable bonds is 13. The SMILES string of the molecule is C=C(CC(C)OC(=O)C(=C)C)Oc1ccc2cc(-c3cccc(C(CC)CCCCC)c3)c(=O)oc2c1. The van der Waals surface area contributed by atoms with E-state index in [9.17, 15) is 9.59 Å². The van der Waals surface area contributed by atoms with Gasteiger partial charge < -0.3 is 13.9 Å². The second-order valence-corrected chi connectivity index (χ2v) is 9.71. The van der Waals surface area contributed by atoms with Gasteiger partial charge in [0.15, 0.2) is 0 Å². The maximum atomic E-state index is 13.0. The van der Waals surface area contributed by atoms with Crippen molar-refractivity contribution in [3.8, 4) is 16.9 Å². The lowest BCUT2D eigenvalue weighted by atomic mass is 9.89. The van der Waals surface area contributed by atoms with Gasteiger partial charge in [-0.05, 0) is 61.9 Å². The van der Waals surface area contributed by atoms with E-state index >= 15 is 0 Å². The Hall–Kier alpha value is -3.60. The standard InChI is InChI=1S/C32H38O5/c1-7-9-10-12-24(8-2)25-13-11-14-26(18-25)29-19-27-15-16-28(20-30(27)37-32(29)34)35-22(5)17-23(6)36-31(33)21(3)4/h11,13-16,18-20,23-24H,3,5,7-10,12,17H2,1-2,4,6H3. The molecule has 0 bridgehead atoms. The number of unbranched alkanes of at least 4 members (excludes halogenated alkanes) is 2. The van der Waals surface area contributed by atoms with Crippen molar-refractivity contribution in [2.24, 2.45) is 0 Å². The minimum absolute atomic E-state index is 0.327. The third kappa shape index (κ3) is 7.69. The fourth-order valence-electron chi connectivity index (χ4n) is 4.42. The van der Waals surface area contributed by atoms with Crippen LogP contribution in [-0.2, 0) is 9.53 Å². The van der Waals surface area contributed by atoms with E-state index in [1.807, 2.05) is 24.3 Å². The lowest BCUT2D eigenvalue weighted by Gasteiger charge is -2.16. The number of hydrogen-bond donors (Lipinski definition) is 0. The molecule has 2 atom stereocenters. The van der Waals surface area contributed by atoms with E-state index in [1.54, 1.807) is 26.0 Å². The minimum Gasteiger partial charge on any atom is -0.462 e. The van der Waals surface area contributed by atoms with Crippen LogP contribution in [0.5, 0.6) is 5.75 Å². The molecule has 0 radical (unpaired) electrons. The first-order valence-electron chi connectivity index (χ1n) is 13.1. The zero-order chi connectivity index (χ0) is 26.9. The summed E-state index contributed by atoms with van der Waals surface area (Å²) in [6.07, 6.45) is 5.81. The molecule has 0 N–H and O–H groups in total. The molecule has 1 aromatic heterocycles. The molecule has 0 saturated carbocycles. The number of hydrogen-bond acceptors (Lipinski definition) is 5. The molecule has 1 heterocycles. The average molecular weight is 503 g/mol. The molecular formula is C32H38O5. The van der Waals surface area contributed by atoms with Crippen molar-refractivity contribution in [2.45, 2.75) is 78.2 Å². The lowest BCUT2D eigenvalue weighted by molar-refractivity contribution is -0.143. The summed E-state index contributed by atoms with van der Waals surface area (Å²) < 4.78 is 16.8. The molecular weight excluding hydrogens is 464 g/mol. The molecule has 0 aliphatic carbocycles. The fourth-order valence-corrected chi connectivity index (χ4v) is 4.42. The number of esters is 1. The van der Waals surface area contributed by atoms with Crippen LogP contribution in [0.1, 0.15) is 77.7 Å². The second-order valence-electron chi connectivity index (χ2n) is 9.71. The van der Waals surface area contributed by atoms with Gasteiger partial charge in [-0.1, -0.05) is 70.5 Å². The zero-order valence-electron chi connectivity index (χ0n) is 22.5. The van der Waals surface area contributed by atoms with E-state index in [0.717, 1.165) is 23.8 Å². The molecule has 0 aliphatic rings. The van der Waals surface area contributed by atoms with E-state index in [2.05, 4.69) is 39.1 Å². The molecule has 0 fully saturated rings. The summed E-state index contributed by atoms with van der Waals surface area (Å²) in [5.41, 5.74) is 3.06. The summed E-state index contributed by atoms with van der Waals surface area (Å²) in [5, 5.41) is 0.803. The van der Waals surface area contributed by atoms with Crippen LogP contribution in [0, 0.1) is 0 Å². The molecule has 0 amide bonds. The molecule has 0 aliphatic heterocycles. The van der Waals surface area contributed by atoms with E-state index < -0.39 is 12.1 Å². The summed E-state index contributed by atoms with van der Waals surface area (Å²) in [6, 6.07) is 15.5. The number of fused-ring (bicyclic) bond motifs is 1. The molecule has 2 unspecified atom stereocenters. The van der Waals surface area contributed by atoms with E-state index in [-0.39, 0.29) is 5.63 Å². The first-order valence-corrected chi connectivity index (χ1v) is 13.1. The van der Waals surface area contributed by atoms with Crippen LogP contribution in [0.2, 0.25) is 0 Å². The van der Waals surface area contributed by atoms with Gasteiger partial charge in [-0.25, -0.2) is 9.59 Å². The zero-order valence-corrected chi connectivity index (χ0v) is 22.5. The van der Waals surface area contributed by atoms with Gasteiger partial charge in [-0.15, -0.1) is 0 Å². The van der Waals surface area contributed by atoms with Crippen molar-refractivity contribution in [3.05, 3.63) is 89.0 Å². The highest BCUT2D eigenvalue weighted by atomic mass is 16.5. The van der Waals surface area contributed by atoms with Crippen LogP contribution in [0.15, 0.2) is 82.2 Å². The molecule has 0 saturated heterocycles. The summed E-state index contributed by atoms with van der Waals surface area (Å²) >= 11 is 0. The first kappa shape index (κ1) is 28.0. The van der Waals surface area contributed by atoms with Crippen LogP contribution < -0.4 is 10.4 Å². The predicted octanol–water partition coefficient (Wildman–Crippen LogP) is 8.32. The van der Waals surface area contributed by atoms with Gasteiger partial charge in [0.2, 0.25) is 0 Å². The monoisotopic (exact) mass is 502 g/mol. The molecule has 3 aromatic rings. The molecule has 5 heteroatoms. The normalized spacial score (nSPS) is 12.6. The highest BCUT2D eigenvalue weighted by Gasteiger charge is 2.15. The van der Waals surface area contributed by atoms with Crippen molar-refractivity contribution in [1.82, 2.24) is 0 Å². The Balaban J connectivity index is 1.77. The highest BCUT2D eigenvalue weighted by molar-refractivity contribution is 5.87. The third-order valence-corrected chi connectivity index (χ3v) is 6.46. The smallest absolute Gasteiger partial charge is 0.344 e. The van der Waals surface area contributed by atoms with Crippen molar-refractivity contribution in [2.75, 3.05) is 0 Å². The second kappa shape index (κ2) is 13.1. The predicted molar refractivity (Wildman–Crippen MR) is 150 cm³/mol. The number of ether oxygens (including phenoxy) is 2. The lowest BCUT2D eigenvalue weighted by Crippen LogP contribution is -2.16. The number of benzene rings is 2. The van der Waals surface area contributed by atoms with Crippen LogP contribution >= 0.6 is 0 Å². The summed E-state index contributed by atoms with van der Waals surface area (Å²) in [6.45, 7) is 15.3. The molecule has 0 spiro atoms. The molecule has 5 nitrogen and oxygen atoms in total. The Morgan fingerprint density at radius 1 is 1.05 bits per heavy atom. The average Bonchev–Trinajstić information content (AvgIpc) is 2.86. The van der Waals surface area contributed by atoms with Crippen LogP contribution in [0.3, 0.4) is 0 Å². The number of carbonyl (C=O) groups excluding carboxylic acids is 1. The Bertz CT molecular complexity index is 1320. The van der Waals surface area contributed by atoms with Crippen LogP contribution in [-0.4, -0.2) is 12.1 Å². The van der Waals surface area contributed by atoms with Crippen molar-refractivity contribution >= 4 is 16.9 Å². The first-order chi connectivity index (χ1) is 17.7. The van der Waals surface area contributed by atoms with Crippen LogP contribution in [0.25, 0.3) is 22.1 Å². The van der Waals surface area contributed by atoms with Gasteiger partial charge in [0.1, 0.15) is 23.2 Å². The van der Waals surface area contributed by atoms with Gasteiger partial charge >= 0.3 is 11.6 Å². The Kier molecular flexibility index (Phi) is 9.90. The Morgan fingerprint density at radius 3 is 2.54 bits per heavy atom. The molecule has 196 valence electrons. The molecule has 37 heavy (non-hydrogen) atoms. The maximum Gasteiger partial charge on any atom is 0.344 e. The van der Waals surface area contributed by atoms with Gasteiger partial charge in [-0.2, -0.15) is 0 Å². The minimum atomic E-state index is -0.448. The molecule has 3 rings (SSSR count). The molecule has 2 aromatic carbocycles. The third-order valence-electron chi connectivity index (χ3n) is 6.46. The van der Waals surface area contributed by atoms with Crippen molar-refractivity contribution in [3.63, 3.8) is 0 Å². The number of carbonyl (C=O) groups is 1. The van der Waals surface area contributed by atoms with E-state index in [0.29, 0.717) is 40.6 Å². The van der Waals surface area contributed by atoms with Gasteiger partial charge in [-0.3, -0.25) is 0 Å². The highest BCUT2D eigenvalue weighted by Crippen LogP contribution is 2.30. The maximum absolute atomic E-state index is 13.0. The van der Waals surface area contributed by atoms with Crippen molar-refractivity contribution < 1.29 is 18.7 Å². The van der Waals surface area contributed by atoms with Gasteiger partial charge in [0.25, 0.3) is 0 Å². The van der Waals surface area contributed by atoms with Gasteiger partial charge in [0.05, 0.1) is 5.56 Å². The summed E-state index contributed by atoms with van der Waals surface area (Å²) in [7, 11) is 0. The van der Waals surface area contributed by atoms with E-state index in [4.69, 9.17) is 13.9 Å². The van der Waals surface area contributed by atoms with Gasteiger partial charge in [0, 0.05) is 23.4 Å².